The number of benzene rings is 1. The predicted octanol–water partition coefficient (Wildman–Crippen LogP) is 4.93. The highest BCUT2D eigenvalue weighted by Gasteiger charge is 2.09. The number of anilines is 1. The van der Waals surface area contributed by atoms with Gasteiger partial charge in [-0.05, 0) is 52.2 Å². The molecule has 0 radical (unpaired) electrons. The molecule has 0 unspecified atom stereocenters. The summed E-state index contributed by atoms with van der Waals surface area (Å²) in [6, 6.07) is 11.1. The first-order valence-corrected chi connectivity index (χ1v) is 7.95. The van der Waals surface area contributed by atoms with Crippen LogP contribution in [0.2, 0.25) is 0 Å². The Labute approximate surface area is 130 Å². The Morgan fingerprint density at radius 2 is 1.95 bits per heavy atom. The van der Waals surface area contributed by atoms with E-state index in [2.05, 4.69) is 28.2 Å². The number of hydrogen-bond donors (Lipinski definition) is 2. The smallest absolute Gasteiger partial charge is 0.265 e. The summed E-state index contributed by atoms with van der Waals surface area (Å²) in [5.74, 6) is -0.114. The molecule has 3 nitrogen and oxygen atoms in total. The van der Waals surface area contributed by atoms with Gasteiger partial charge in [0.2, 0.25) is 0 Å². The van der Waals surface area contributed by atoms with Crippen LogP contribution in [-0.4, -0.2) is 11.6 Å². The third kappa shape index (κ3) is 3.77. The maximum absolute atomic E-state index is 12.0. The topological polar surface area (TPSA) is 53.0 Å². The third-order valence-corrected chi connectivity index (χ3v) is 4.41. The number of carbonyl (C=O) groups is 1. The highest BCUT2D eigenvalue weighted by Crippen LogP contribution is 2.23. The van der Waals surface area contributed by atoms with E-state index in [1.807, 2.05) is 30.3 Å². The van der Waals surface area contributed by atoms with Crippen molar-refractivity contribution in [2.24, 2.45) is 0 Å². The van der Waals surface area contributed by atoms with Crippen molar-refractivity contribution in [1.82, 2.24) is 0 Å². The average molecular weight is 351 g/mol. The van der Waals surface area contributed by atoms with E-state index in [9.17, 15) is 4.79 Å². The van der Waals surface area contributed by atoms with Crippen molar-refractivity contribution in [3.8, 4) is 0 Å². The minimum absolute atomic E-state index is 0.114. The Hall–Kier alpha value is -1.46. The Morgan fingerprint density at radius 1 is 1.25 bits per heavy atom. The van der Waals surface area contributed by atoms with Crippen molar-refractivity contribution in [1.29, 1.82) is 5.41 Å². The molecule has 104 valence electrons. The van der Waals surface area contributed by atoms with Gasteiger partial charge < -0.3 is 10.7 Å². The highest BCUT2D eigenvalue weighted by atomic mass is 79.9. The van der Waals surface area contributed by atoms with Gasteiger partial charge in [-0.3, -0.25) is 4.79 Å². The molecule has 0 aliphatic heterocycles. The number of amides is 1. The standard InChI is InChI=1S/C15H15BrN2OS/c1-2-3-12(17)10-4-6-11(7-5-10)18-15(19)13-8-9-14(16)20-13/h4-9,17H,2-3H2,1H3,(H,18,19). The number of halogens is 1. The Morgan fingerprint density at radius 3 is 2.50 bits per heavy atom. The number of hydrogen-bond acceptors (Lipinski definition) is 3. The van der Waals surface area contributed by atoms with Crippen LogP contribution in [-0.2, 0) is 0 Å². The van der Waals surface area contributed by atoms with Gasteiger partial charge in [0, 0.05) is 11.4 Å². The quantitative estimate of drug-likeness (QED) is 0.737. The zero-order valence-electron chi connectivity index (χ0n) is 11.1. The van der Waals surface area contributed by atoms with Crippen LogP contribution >= 0.6 is 27.3 Å². The van der Waals surface area contributed by atoms with Gasteiger partial charge in [-0.15, -0.1) is 11.3 Å². The third-order valence-electron chi connectivity index (χ3n) is 2.79. The Kier molecular flexibility index (Phi) is 5.09. The molecule has 2 N–H and O–H groups in total. The van der Waals surface area contributed by atoms with Crippen molar-refractivity contribution in [2.75, 3.05) is 5.32 Å². The molecule has 20 heavy (non-hydrogen) atoms. The van der Waals surface area contributed by atoms with E-state index in [0.717, 1.165) is 27.9 Å². The summed E-state index contributed by atoms with van der Waals surface area (Å²) in [5.41, 5.74) is 2.28. The van der Waals surface area contributed by atoms with Gasteiger partial charge in [0.15, 0.2) is 0 Å². The van der Waals surface area contributed by atoms with E-state index in [4.69, 9.17) is 5.41 Å². The SMILES string of the molecule is CCCC(=N)c1ccc(NC(=O)c2ccc(Br)s2)cc1. The van der Waals surface area contributed by atoms with Gasteiger partial charge in [-0.1, -0.05) is 25.5 Å². The Bertz CT molecular complexity index is 619. The van der Waals surface area contributed by atoms with Crippen LogP contribution < -0.4 is 5.32 Å². The fraction of sp³-hybridized carbons (Fsp3) is 0.200. The largest absolute Gasteiger partial charge is 0.321 e. The van der Waals surface area contributed by atoms with Gasteiger partial charge >= 0.3 is 0 Å². The predicted molar refractivity (Wildman–Crippen MR) is 88.2 cm³/mol. The fourth-order valence-corrected chi connectivity index (χ4v) is 3.06. The van der Waals surface area contributed by atoms with Gasteiger partial charge in [-0.25, -0.2) is 0 Å². The lowest BCUT2D eigenvalue weighted by Gasteiger charge is -2.06. The second-order valence-electron chi connectivity index (χ2n) is 4.36. The maximum atomic E-state index is 12.0. The lowest BCUT2D eigenvalue weighted by Crippen LogP contribution is -2.10. The van der Waals surface area contributed by atoms with Crippen LogP contribution in [0.25, 0.3) is 0 Å². The number of nitrogens with one attached hydrogen (secondary N) is 2. The van der Waals surface area contributed by atoms with Crippen molar-refractivity contribution >= 4 is 44.6 Å². The molecular formula is C15H15BrN2OS. The van der Waals surface area contributed by atoms with E-state index >= 15 is 0 Å². The van der Waals surface area contributed by atoms with E-state index in [1.165, 1.54) is 11.3 Å². The highest BCUT2D eigenvalue weighted by molar-refractivity contribution is 9.11. The van der Waals surface area contributed by atoms with Crippen LogP contribution in [0.4, 0.5) is 5.69 Å². The zero-order chi connectivity index (χ0) is 14.5. The first-order valence-electron chi connectivity index (χ1n) is 6.34. The number of thiophene rings is 1. The van der Waals surface area contributed by atoms with E-state index in [0.29, 0.717) is 10.6 Å². The number of rotatable bonds is 5. The van der Waals surface area contributed by atoms with Crippen molar-refractivity contribution < 1.29 is 4.79 Å². The summed E-state index contributed by atoms with van der Waals surface area (Å²) in [5, 5.41) is 10.7. The zero-order valence-corrected chi connectivity index (χ0v) is 13.5. The summed E-state index contributed by atoms with van der Waals surface area (Å²) >= 11 is 4.74. The minimum Gasteiger partial charge on any atom is -0.321 e. The molecule has 0 bridgehead atoms. The van der Waals surface area contributed by atoms with Crippen LogP contribution in [0.5, 0.6) is 0 Å². The Balaban J connectivity index is 2.04. The molecule has 0 aliphatic carbocycles. The van der Waals surface area contributed by atoms with Crippen LogP contribution in [0.3, 0.4) is 0 Å². The van der Waals surface area contributed by atoms with Crippen LogP contribution in [0, 0.1) is 5.41 Å². The normalized spacial score (nSPS) is 10.3. The molecule has 0 saturated carbocycles. The summed E-state index contributed by atoms with van der Waals surface area (Å²) < 4.78 is 0.936. The fourth-order valence-electron chi connectivity index (χ4n) is 1.78. The lowest BCUT2D eigenvalue weighted by atomic mass is 10.1. The lowest BCUT2D eigenvalue weighted by molar-refractivity contribution is 0.103. The van der Waals surface area contributed by atoms with Crippen molar-refractivity contribution in [2.45, 2.75) is 19.8 Å². The molecule has 0 saturated heterocycles. The molecule has 1 aromatic carbocycles. The van der Waals surface area contributed by atoms with E-state index in [-0.39, 0.29) is 5.91 Å². The summed E-state index contributed by atoms with van der Waals surface area (Å²) in [6.07, 6.45) is 1.74. The van der Waals surface area contributed by atoms with Crippen LogP contribution in [0.1, 0.15) is 35.0 Å². The maximum Gasteiger partial charge on any atom is 0.265 e. The first kappa shape index (κ1) is 14.9. The minimum atomic E-state index is -0.114. The summed E-state index contributed by atoms with van der Waals surface area (Å²) in [7, 11) is 0. The van der Waals surface area contributed by atoms with Gasteiger partial charge in [0.05, 0.1) is 8.66 Å². The molecule has 1 aromatic heterocycles. The van der Waals surface area contributed by atoms with Crippen LogP contribution in [0.15, 0.2) is 40.2 Å². The van der Waals surface area contributed by atoms with Crippen molar-refractivity contribution in [3.05, 3.63) is 50.6 Å². The molecular weight excluding hydrogens is 336 g/mol. The molecule has 0 atom stereocenters. The van der Waals surface area contributed by atoms with E-state index < -0.39 is 0 Å². The first-order chi connectivity index (χ1) is 9.60. The molecule has 2 rings (SSSR count). The molecule has 5 heteroatoms. The summed E-state index contributed by atoms with van der Waals surface area (Å²) in [6.45, 7) is 2.06. The molecule has 0 fully saturated rings. The molecule has 2 aromatic rings. The second-order valence-corrected chi connectivity index (χ2v) is 6.83. The van der Waals surface area contributed by atoms with Gasteiger partial charge in [0.25, 0.3) is 5.91 Å². The molecule has 1 amide bonds. The molecule has 1 heterocycles. The van der Waals surface area contributed by atoms with Gasteiger partial charge in [-0.2, -0.15) is 0 Å². The van der Waals surface area contributed by atoms with Gasteiger partial charge in [0.1, 0.15) is 0 Å². The monoisotopic (exact) mass is 350 g/mol. The molecule has 0 aliphatic rings. The van der Waals surface area contributed by atoms with Crippen molar-refractivity contribution in [3.63, 3.8) is 0 Å². The second kappa shape index (κ2) is 6.81. The average Bonchev–Trinajstić information content (AvgIpc) is 2.86. The molecule has 0 spiro atoms. The van der Waals surface area contributed by atoms with E-state index in [1.54, 1.807) is 6.07 Å². The number of carbonyl (C=O) groups excluding carboxylic acids is 1. The summed E-state index contributed by atoms with van der Waals surface area (Å²) in [4.78, 5) is 12.7.